The highest BCUT2D eigenvalue weighted by Gasteiger charge is 2.47. The quantitative estimate of drug-likeness (QED) is 0.620. The van der Waals surface area contributed by atoms with Gasteiger partial charge in [0, 0.05) is 0 Å². The van der Waals surface area contributed by atoms with Gasteiger partial charge in [0.25, 0.3) is 0 Å². The van der Waals surface area contributed by atoms with Crippen LogP contribution >= 0.6 is 0 Å². The minimum atomic E-state index is -6.13. The Balaban J connectivity index is 3.40. The highest BCUT2D eigenvalue weighted by molar-refractivity contribution is 8.01. The maximum absolute atomic E-state index is 13.3. The molecule has 4 nitrogen and oxygen atoms in total. The Labute approximate surface area is 94.8 Å². The zero-order valence-corrected chi connectivity index (χ0v) is 9.52. The molecule has 0 N–H and O–H groups in total. The summed E-state index contributed by atoms with van der Waals surface area (Å²) in [5.41, 5.74) is -5.78. The fourth-order valence-electron chi connectivity index (χ4n) is 0.800. The smallest absolute Gasteiger partial charge is 0.210 e. The number of nitrogens with zero attached hydrogens (tertiary/aromatic N) is 1. The Bertz CT molecular complexity index is 614. The van der Waals surface area contributed by atoms with E-state index in [4.69, 9.17) is 0 Å². The minimum Gasteiger partial charge on any atom is -0.210 e. The van der Waals surface area contributed by atoms with E-state index in [0.717, 1.165) is 12.1 Å². The monoisotopic (exact) mass is 291 g/mol. The van der Waals surface area contributed by atoms with E-state index in [1.54, 1.807) is 3.77 Å². The summed E-state index contributed by atoms with van der Waals surface area (Å²) < 4.78 is 83.0. The van der Waals surface area contributed by atoms with Crippen LogP contribution in [-0.2, 0) is 20.1 Å². The van der Waals surface area contributed by atoms with Crippen molar-refractivity contribution in [3.63, 3.8) is 0 Å². The fourth-order valence-corrected chi connectivity index (χ4v) is 2.98. The fraction of sp³-hybridized carbons (Fsp3) is 0.143. The second-order valence-corrected chi connectivity index (χ2v) is 6.16. The normalized spacial score (nSPS) is 16.2. The molecule has 0 aromatic heterocycles. The van der Waals surface area contributed by atoms with Crippen molar-refractivity contribution in [2.45, 2.75) is 10.4 Å². The van der Waals surface area contributed by atoms with Gasteiger partial charge in [0.1, 0.15) is 0 Å². The molecule has 1 aromatic rings. The van der Waals surface area contributed by atoms with Gasteiger partial charge in [-0.05, 0) is 12.1 Å². The number of hydrogen-bond donors (Lipinski definition) is 0. The van der Waals surface area contributed by atoms with Gasteiger partial charge in [-0.3, -0.25) is 0 Å². The van der Waals surface area contributed by atoms with Crippen LogP contribution in [0.1, 0.15) is 0 Å². The van der Waals surface area contributed by atoms with E-state index in [0.29, 0.717) is 0 Å². The SMILES string of the molecule is O=S(=O)(N=S(=O)(F)c1ccccc1)C(F)(F)F. The van der Waals surface area contributed by atoms with Gasteiger partial charge in [0.2, 0.25) is 10.1 Å². The molecule has 17 heavy (non-hydrogen) atoms. The highest BCUT2D eigenvalue weighted by Crippen LogP contribution is 2.28. The van der Waals surface area contributed by atoms with Crippen molar-refractivity contribution in [1.82, 2.24) is 0 Å². The lowest BCUT2D eigenvalue weighted by Gasteiger charge is -2.04. The van der Waals surface area contributed by atoms with Crippen LogP contribution in [0.25, 0.3) is 0 Å². The molecular formula is C7H5F4NO3S2. The van der Waals surface area contributed by atoms with Crippen LogP contribution in [0.2, 0.25) is 0 Å². The van der Waals surface area contributed by atoms with Gasteiger partial charge < -0.3 is 0 Å². The molecule has 0 bridgehead atoms. The van der Waals surface area contributed by atoms with Crippen LogP contribution in [0.5, 0.6) is 0 Å². The van der Waals surface area contributed by atoms with Crippen LogP contribution in [0.4, 0.5) is 17.1 Å². The molecule has 0 saturated heterocycles. The molecule has 96 valence electrons. The van der Waals surface area contributed by atoms with E-state index < -0.39 is 30.5 Å². The first kappa shape index (κ1) is 13.9. The molecule has 0 aliphatic rings. The first-order chi connectivity index (χ1) is 7.56. The Morgan fingerprint density at radius 2 is 1.47 bits per heavy atom. The first-order valence-electron chi connectivity index (χ1n) is 3.91. The summed E-state index contributed by atoms with van der Waals surface area (Å²) in [5.74, 6) is 0. The molecule has 0 spiro atoms. The molecule has 0 fully saturated rings. The Morgan fingerprint density at radius 1 is 1.00 bits per heavy atom. The molecule has 1 unspecified atom stereocenters. The summed E-state index contributed by atoms with van der Waals surface area (Å²) in [6.07, 6.45) is 0. The molecule has 1 aromatic carbocycles. The van der Waals surface area contributed by atoms with E-state index in [1.165, 1.54) is 18.2 Å². The van der Waals surface area contributed by atoms with Gasteiger partial charge >= 0.3 is 15.5 Å². The third kappa shape index (κ3) is 3.16. The third-order valence-electron chi connectivity index (χ3n) is 1.52. The zero-order valence-electron chi connectivity index (χ0n) is 7.89. The topological polar surface area (TPSA) is 63.6 Å². The second kappa shape index (κ2) is 4.26. The number of rotatable bonds is 2. The van der Waals surface area contributed by atoms with E-state index >= 15 is 0 Å². The largest absolute Gasteiger partial charge is 0.519 e. The standard InChI is InChI=1S/C7H5F4NO3S2/c8-7(9,10)17(14,15)12-16(11,13)6-4-2-1-3-5-6/h1-5H. The van der Waals surface area contributed by atoms with Gasteiger partial charge in [-0.15, -0.1) is 3.89 Å². The summed E-state index contributed by atoms with van der Waals surface area (Å²) in [4.78, 5) is -0.743. The summed E-state index contributed by atoms with van der Waals surface area (Å²) >= 11 is 0. The van der Waals surface area contributed by atoms with Crippen molar-refractivity contribution in [2.24, 2.45) is 3.77 Å². The molecule has 0 aliphatic heterocycles. The average molecular weight is 291 g/mol. The van der Waals surface area contributed by atoms with Crippen molar-refractivity contribution in [3.05, 3.63) is 30.3 Å². The highest BCUT2D eigenvalue weighted by atomic mass is 32.3. The van der Waals surface area contributed by atoms with Gasteiger partial charge in [-0.25, -0.2) is 4.21 Å². The van der Waals surface area contributed by atoms with Crippen molar-refractivity contribution in [1.29, 1.82) is 0 Å². The van der Waals surface area contributed by atoms with Crippen LogP contribution in [-0.4, -0.2) is 18.1 Å². The number of sulfonamides is 1. The first-order valence-corrected chi connectivity index (χ1v) is 6.76. The summed E-state index contributed by atoms with van der Waals surface area (Å²) in [5, 5.41) is 0. The lowest BCUT2D eigenvalue weighted by molar-refractivity contribution is -0.0434. The van der Waals surface area contributed by atoms with Crippen molar-refractivity contribution in [3.8, 4) is 0 Å². The molecule has 0 amide bonds. The Morgan fingerprint density at radius 3 is 1.88 bits per heavy atom. The number of benzene rings is 1. The van der Waals surface area contributed by atoms with Gasteiger partial charge in [-0.2, -0.15) is 21.6 Å². The molecule has 10 heteroatoms. The van der Waals surface area contributed by atoms with E-state index in [2.05, 4.69) is 0 Å². The van der Waals surface area contributed by atoms with Crippen LogP contribution in [0.15, 0.2) is 39.0 Å². The third-order valence-corrected chi connectivity index (χ3v) is 4.51. The lowest BCUT2D eigenvalue weighted by atomic mass is 10.4. The van der Waals surface area contributed by atoms with Gasteiger partial charge in [-0.1, -0.05) is 22.0 Å². The molecular weight excluding hydrogens is 286 g/mol. The lowest BCUT2D eigenvalue weighted by Crippen LogP contribution is -2.21. The number of hydrogen-bond acceptors (Lipinski definition) is 3. The van der Waals surface area contributed by atoms with Crippen molar-refractivity contribution in [2.75, 3.05) is 0 Å². The predicted octanol–water partition coefficient (Wildman–Crippen LogP) is 2.25. The van der Waals surface area contributed by atoms with E-state index in [1.807, 2.05) is 0 Å². The van der Waals surface area contributed by atoms with Gasteiger partial charge in [0.15, 0.2) is 0 Å². The molecule has 0 heterocycles. The maximum Gasteiger partial charge on any atom is 0.519 e. The average Bonchev–Trinajstić information content (AvgIpc) is 2.15. The minimum absolute atomic E-state index is 0.743. The van der Waals surface area contributed by atoms with Crippen molar-refractivity contribution < 1.29 is 29.7 Å². The summed E-state index contributed by atoms with van der Waals surface area (Å²) in [6.45, 7) is 0. The Kier molecular flexibility index (Phi) is 3.48. The van der Waals surface area contributed by atoms with E-state index in [9.17, 15) is 29.7 Å². The van der Waals surface area contributed by atoms with E-state index in [-0.39, 0.29) is 0 Å². The van der Waals surface area contributed by atoms with Crippen molar-refractivity contribution >= 4 is 20.1 Å². The van der Waals surface area contributed by atoms with Crippen LogP contribution in [0, 0.1) is 0 Å². The molecule has 0 aliphatic carbocycles. The van der Waals surface area contributed by atoms with Crippen LogP contribution in [0.3, 0.4) is 0 Å². The molecule has 1 atom stereocenters. The molecule has 0 saturated carbocycles. The summed E-state index contributed by atoms with van der Waals surface area (Å²) in [6, 6.07) is 5.50. The Hall–Kier alpha value is -1.16. The predicted molar refractivity (Wildman–Crippen MR) is 51.4 cm³/mol. The second-order valence-electron chi connectivity index (χ2n) is 2.77. The molecule has 1 rings (SSSR count). The zero-order chi connectivity index (χ0) is 13.3. The number of alkyl halides is 3. The maximum atomic E-state index is 13.3. The van der Waals surface area contributed by atoms with Crippen LogP contribution < -0.4 is 0 Å². The summed E-state index contributed by atoms with van der Waals surface area (Å²) in [7, 11) is -11.3. The van der Waals surface area contributed by atoms with Gasteiger partial charge in [0.05, 0.1) is 4.90 Å². The molecule has 0 radical (unpaired) electrons. The number of halogens is 4.